The predicted molar refractivity (Wildman–Crippen MR) is 141 cm³/mol. The number of hydrogen-bond donors (Lipinski definition) is 3. The average Bonchev–Trinajstić information content (AvgIpc) is 3.21. The molecule has 0 amide bonds. The number of nitrogens with zero attached hydrogens (tertiary/aromatic N) is 2. The summed E-state index contributed by atoms with van der Waals surface area (Å²) in [6.07, 6.45) is 11.0. The zero-order chi connectivity index (χ0) is 25.2. The van der Waals surface area contributed by atoms with Crippen LogP contribution in [0.2, 0.25) is 0 Å². The van der Waals surface area contributed by atoms with Gasteiger partial charge in [-0.1, -0.05) is 37.6 Å². The Hall–Kier alpha value is -2.84. The van der Waals surface area contributed by atoms with Crippen molar-refractivity contribution in [3.8, 4) is 22.9 Å². The molecular weight excluding hydrogens is 446 g/mol. The first kappa shape index (κ1) is 23.6. The molecule has 0 radical (unpaired) electrons. The topological polar surface area (TPSA) is 103 Å². The highest BCUT2D eigenvalue weighted by atomic mass is 16.3. The minimum absolute atomic E-state index is 0.154. The van der Waals surface area contributed by atoms with Gasteiger partial charge in [0.2, 0.25) is 0 Å². The molecule has 4 aliphatic rings. The van der Waals surface area contributed by atoms with Crippen molar-refractivity contribution in [2.75, 3.05) is 5.73 Å². The monoisotopic (exact) mass is 483 g/mol. The quantitative estimate of drug-likeness (QED) is 0.434. The second kappa shape index (κ2) is 8.35. The number of nitrogens with two attached hydrogens (primary N) is 1. The molecule has 5 nitrogen and oxygen atoms in total. The number of aliphatic hydroxyl groups excluding tert-OH is 1. The fraction of sp³-hybridized carbons (Fsp3) is 0.548. The number of benzene rings is 1. The van der Waals surface area contributed by atoms with E-state index in [1.54, 1.807) is 18.2 Å². The predicted octanol–water partition coefficient (Wildman–Crippen LogP) is 6.32. The molecule has 188 valence electrons. The van der Waals surface area contributed by atoms with Gasteiger partial charge in [0.25, 0.3) is 0 Å². The molecule has 36 heavy (non-hydrogen) atoms. The van der Waals surface area contributed by atoms with Gasteiger partial charge >= 0.3 is 0 Å². The lowest BCUT2D eigenvalue weighted by atomic mass is 9.47. The van der Waals surface area contributed by atoms with E-state index >= 15 is 0 Å². The van der Waals surface area contributed by atoms with Gasteiger partial charge in [-0.25, -0.2) is 4.98 Å². The van der Waals surface area contributed by atoms with Gasteiger partial charge in [-0.05, 0) is 104 Å². The number of pyridine rings is 1. The lowest BCUT2D eigenvalue weighted by Crippen LogP contribution is -2.50. The zero-order valence-electron chi connectivity index (χ0n) is 21.4. The Kier molecular flexibility index (Phi) is 5.46. The van der Waals surface area contributed by atoms with E-state index in [0.29, 0.717) is 29.2 Å². The third-order valence-corrected chi connectivity index (χ3v) is 10.8. The highest BCUT2D eigenvalue weighted by Gasteiger charge is 2.59. The minimum Gasteiger partial charge on any atom is -0.508 e. The molecule has 3 fully saturated rings. The maximum atomic E-state index is 10.3. The minimum atomic E-state index is -0.167. The zero-order valence-corrected chi connectivity index (χ0v) is 21.4. The van der Waals surface area contributed by atoms with Crippen LogP contribution in [0.5, 0.6) is 5.75 Å². The van der Waals surface area contributed by atoms with Gasteiger partial charge in [-0.2, -0.15) is 5.26 Å². The maximum absolute atomic E-state index is 10.3. The molecule has 0 bridgehead atoms. The molecule has 1 aromatic heterocycles. The molecule has 0 saturated heterocycles. The van der Waals surface area contributed by atoms with Gasteiger partial charge in [0.05, 0.1) is 6.10 Å². The summed E-state index contributed by atoms with van der Waals surface area (Å²) in [7, 11) is 0. The molecule has 4 N–H and O–H groups in total. The van der Waals surface area contributed by atoms with Crippen molar-refractivity contribution < 1.29 is 10.2 Å². The summed E-state index contributed by atoms with van der Waals surface area (Å²) >= 11 is 0. The van der Waals surface area contributed by atoms with Gasteiger partial charge in [0, 0.05) is 17.2 Å². The number of hydrogen-bond acceptors (Lipinski definition) is 5. The fourth-order valence-electron chi connectivity index (χ4n) is 8.91. The van der Waals surface area contributed by atoms with E-state index in [1.165, 1.54) is 24.8 Å². The number of aromatic hydroxyl groups is 1. The number of aromatic nitrogens is 1. The van der Waals surface area contributed by atoms with Gasteiger partial charge < -0.3 is 15.9 Å². The number of nitrogen functional groups attached to an aromatic ring is 1. The van der Waals surface area contributed by atoms with Crippen LogP contribution in [0.15, 0.2) is 42.0 Å². The molecule has 1 heterocycles. The number of rotatable bonds is 2. The average molecular weight is 484 g/mol. The van der Waals surface area contributed by atoms with E-state index in [4.69, 9.17) is 10.7 Å². The Balaban J connectivity index is 1.36. The van der Waals surface area contributed by atoms with Gasteiger partial charge in [0.1, 0.15) is 23.2 Å². The number of fused-ring (bicyclic) bond motifs is 5. The van der Waals surface area contributed by atoms with Crippen LogP contribution in [0.25, 0.3) is 11.1 Å². The van der Waals surface area contributed by atoms with Crippen LogP contribution < -0.4 is 5.73 Å². The van der Waals surface area contributed by atoms with E-state index in [1.807, 2.05) is 6.07 Å². The third kappa shape index (κ3) is 3.41. The Bertz CT molecular complexity index is 1280. The normalized spacial score (nSPS) is 37.3. The smallest absolute Gasteiger partial charge is 0.142 e. The van der Waals surface area contributed by atoms with Crippen molar-refractivity contribution in [3.63, 3.8) is 0 Å². The summed E-state index contributed by atoms with van der Waals surface area (Å²) in [5.41, 5.74) is 11.2. The van der Waals surface area contributed by atoms with Crippen LogP contribution in [-0.4, -0.2) is 21.3 Å². The van der Waals surface area contributed by atoms with Crippen LogP contribution in [0.3, 0.4) is 0 Å². The highest BCUT2D eigenvalue weighted by Crippen LogP contribution is 2.68. The van der Waals surface area contributed by atoms with Crippen molar-refractivity contribution in [1.82, 2.24) is 4.98 Å². The number of anilines is 1. The first-order valence-electron chi connectivity index (χ1n) is 13.6. The fourth-order valence-corrected chi connectivity index (χ4v) is 8.91. The molecule has 6 rings (SSSR count). The standard InChI is InChI=1S/C31H37N3O2/c1-30-12-10-21(36)15-19(30)6-7-22-25-8-9-27(31(25,2)13-11-26(22)30)28-16-23(24(17-32)29(33)34-28)18-4-3-5-20(35)14-18/h3-6,14,16,21-22,25-27,35-36H,7-13,15H2,1-2H3,(H2,33,34)/t21-,22-,25-,26-,27+,30-,31-/m0/s1. The molecule has 5 heteroatoms. The number of phenols is 1. The van der Waals surface area contributed by atoms with E-state index in [0.717, 1.165) is 48.9 Å². The molecule has 2 aromatic rings. The summed E-state index contributed by atoms with van der Waals surface area (Å²) < 4.78 is 0. The molecule has 4 aliphatic carbocycles. The summed E-state index contributed by atoms with van der Waals surface area (Å²) in [6, 6.07) is 11.4. The Morgan fingerprint density at radius 3 is 2.69 bits per heavy atom. The third-order valence-electron chi connectivity index (χ3n) is 10.8. The maximum Gasteiger partial charge on any atom is 0.142 e. The highest BCUT2D eigenvalue weighted by molar-refractivity contribution is 5.76. The Morgan fingerprint density at radius 1 is 1.08 bits per heavy atom. The summed E-state index contributed by atoms with van der Waals surface area (Å²) in [4.78, 5) is 4.82. The molecule has 7 atom stereocenters. The lowest BCUT2D eigenvalue weighted by molar-refractivity contribution is -0.0412. The van der Waals surface area contributed by atoms with Gasteiger partial charge in [-0.15, -0.1) is 0 Å². The van der Waals surface area contributed by atoms with Crippen LogP contribution in [-0.2, 0) is 0 Å². The second-order valence-corrected chi connectivity index (χ2v) is 12.3. The number of nitriles is 1. The van der Waals surface area contributed by atoms with E-state index in [-0.39, 0.29) is 28.5 Å². The first-order chi connectivity index (χ1) is 17.2. The van der Waals surface area contributed by atoms with Crippen LogP contribution in [0.1, 0.15) is 82.4 Å². The van der Waals surface area contributed by atoms with Crippen molar-refractivity contribution in [3.05, 3.63) is 53.2 Å². The van der Waals surface area contributed by atoms with Crippen molar-refractivity contribution in [2.24, 2.45) is 28.6 Å². The lowest BCUT2D eigenvalue weighted by Gasteiger charge is -2.58. The molecule has 1 aromatic carbocycles. The molecule has 0 aliphatic heterocycles. The summed E-state index contributed by atoms with van der Waals surface area (Å²) in [6.45, 7) is 4.95. The van der Waals surface area contributed by atoms with Crippen LogP contribution >= 0.6 is 0 Å². The van der Waals surface area contributed by atoms with E-state index in [2.05, 4.69) is 32.1 Å². The molecule has 0 spiro atoms. The van der Waals surface area contributed by atoms with E-state index in [9.17, 15) is 15.5 Å². The van der Waals surface area contributed by atoms with Gasteiger partial charge in [-0.3, -0.25) is 0 Å². The van der Waals surface area contributed by atoms with Crippen LogP contribution in [0, 0.1) is 39.9 Å². The van der Waals surface area contributed by atoms with Crippen molar-refractivity contribution >= 4 is 5.82 Å². The molecule has 0 unspecified atom stereocenters. The van der Waals surface area contributed by atoms with Crippen LogP contribution in [0.4, 0.5) is 5.82 Å². The van der Waals surface area contributed by atoms with Crippen molar-refractivity contribution in [2.45, 2.75) is 77.2 Å². The number of allylic oxidation sites excluding steroid dienone is 1. The van der Waals surface area contributed by atoms with Gasteiger partial charge in [0.15, 0.2) is 0 Å². The second-order valence-electron chi connectivity index (χ2n) is 12.3. The number of phenolic OH excluding ortho intramolecular Hbond substituents is 1. The molecular formula is C31H37N3O2. The Labute approximate surface area is 214 Å². The largest absolute Gasteiger partial charge is 0.508 e. The summed E-state index contributed by atoms with van der Waals surface area (Å²) in [5, 5.41) is 30.2. The SMILES string of the molecule is C[C@]12CC[C@H]3[C@@H](CC=C4C[C@@H](O)CC[C@@]43C)[C@@H]1CC[C@@H]2c1cc(-c2cccc(O)c2)c(C#N)c(N)n1. The summed E-state index contributed by atoms with van der Waals surface area (Å²) in [5.74, 6) is 2.79. The Morgan fingerprint density at radius 2 is 1.92 bits per heavy atom. The van der Waals surface area contributed by atoms with E-state index < -0.39 is 0 Å². The van der Waals surface area contributed by atoms with Crippen molar-refractivity contribution in [1.29, 1.82) is 5.26 Å². The first-order valence-corrected chi connectivity index (χ1v) is 13.6. The molecule has 3 saturated carbocycles. The number of aliphatic hydroxyl groups is 1.